The van der Waals surface area contributed by atoms with Crippen LogP contribution in [0.4, 0.5) is 0 Å². The molecule has 2 aromatic carbocycles. The van der Waals surface area contributed by atoms with Gasteiger partial charge < -0.3 is 20.9 Å². The predicted molar refractivity (Wildman–Crippen MR) is 153 cm³/mol. The summed E-state index contributed by atoms with van der Waals surface area (Å²) < 4.78 is 9.35. The number of aliphatic hydroxyl groups is 1. The summed E-state index contributed by atoms with van der Waals surface area (Å²) in [6.07, 6.45) is 0.111. The summed E-state index contributed by atoms with van der Waals surface area (Å²) in [7, 11) is 0.514. The number of aryl methyl sites for hydroxylation is 1. The number of benzene rings is 2. The number of aliphatic hydroxyl groups excluding tert-OH is 1. The molecule has 10 nitrogen and oxygen atoms in total. The largest absolute Gasteiger partial charge is 0.381 e. The summed E-state index contributed by atoms with van der Waals surface area (Å²) in [5.41, 5.74) is 8.46. The first-order valence-corrected chi connectivity index (χ1v) is 16.6. The van der Waals surface area contributed by atoms with E-state index in [1.54, 1.807) is 16.4 Å². The Morgan fingerprint density at radius 2 is 1.79 bits per heavy atom. The van der Waals surface area contributed by atoms with E-state index < -0.39 is 32.0 Å². The molecule has 0 saturated heterocycles. The number of fused-ring (bicyclic) bond motifs is 1. The standard InChI is InChI=1S/C28H36N6O4Si/c1-33-25(24-20-12-8-9-13-23(20)34(32-24)18-38-14-15-39(2,3)4)21(17-30-33)28(37)31-22(26(35)27(29)36)16-19-10-6-5-7-11-19/h5-13,17,22,26,35H,14-16,18H2,1-4H3,(H2,29,36)(H,31,37)/t22-,26?/m0/s1. The summed E-state index contributed by atoms with van der Waals surface area (Å²) in [5.74, 6) is -1.41. The highest BCUT2D eigenvalue weighted by Crippen LogP contribution is 2.30. The number of aromatic nitrogens is 4. The topological polar surface area (TPSA) is 137 Å². The molecule has 0 aliphatic carbocycles. The second kappa shape index (κ2) is 11.9. The van der Waals surface area contributed by atoms with Gasteiger partial charge in [0.2, 0.25) is 5.91 Å². The second-order valence-electron chi connectivity index (χ2n) is 10.9. The molecule has 4 aromatic rings. The van der Waals surface area contributed by atoms with E-state index in [4.69, 9.17) is 15.6 Å². The summed E-state index contributed by atoms with van der Waals surface area (Å²) in [5, 5.41) is 23.3. The van der Waals surface area contributed by atoms with Crippen LogP contribution in [0.1, 0.15) is 15.9 Å². The molecule has 0 saturated carbocycles. The number of primary amides is 1. The highest BCUT2D eigenvalue weighted by atomic mass is 28.3. The highest BCUT2D eigenvalue weighted by molar-refractivity contribution is 6.76. The van der Waals surface area contributed by atoms with Gasteiger partial charge in [0.1, 0.15) is 18.1 Å². The fourth-order valence-electron chi connectivity index (χ4n) is 4.37. The number of hydrogen-bond acceptors (Lipinski definition) is 6. The SMILES string of the molecule is Cn1ncc(C(=O)N[C@@H](Cc2ccccc2)C(O)C(N)=O)c1-c1nn(COCC[Si](C)(C)C)c2ccccc12. The van der Waals surface area contributed by atoms with Crippen molar-refractivity contribution in [2.24, 2.45) is 12.8 Å². The number of carbonyl (C=O) groups is 2. The quantitative estimate of drug-likeness (QED) is 0.184. The van der Waals surface area contributed by atoms with Crippen LogP contribution in [0, 0.1) is 0 Å². The van der Waals surface area contributed by atoms with Crippen molar-refractivity contribution in [3.63, 3.8) is 0 Å². The number of nitrogens with zero attached hydrogens (tertiary/aromatic N) is 4. The van der Waals surface area contributed by atoms with Gasteiger partial charge in [-0.15, -0.1) is 0 Å². The predicted octanol–water partition coefficient (Wildman–Crippen LogP) is 2.94. The van der Waals surface area contributed by atoms with Crippen LogP contribution in [0.15, 0.2) is 60.8 Å². The smallest absolute Gasteiger partial charge is 0.255 e. The first-order valence-electron chi connectivity index (χ1n) is 12.9. The molecule has 0 aliphatic heterocycles. The summed E-state index contributed by atoms with van der Waals surface area (Å²) in [6.45, 7) is 7.86. The molecule has 0 radical (unpaired) electrons. The van der Waals surface area contributed by atoms with Gasteiger partial charge in [0, 0.05) is 27.1 Å². The van der Waals surface area contributed by atoms with Gasteiger partial charge in [0.25, 0.3) is 5.91 Å². The lowest BCUT2D eigenvalue weighted by atomic mass is 10.00. The Hall–Kier alpha value is -3.80. The van der Waals surface area contributed by atoms with Crippen LogP contribution in [-0.4, -0.2) is 63.3 Å². The Morgan fingerprint density at radius 1 is 1.10 bits per heavy atom. The molecular formula is C28H36N6O4Si. The van der Waals surface area contributed by atoms with Gasteiger partial charge in [-0.3, -0.25) is 14.3 Å². The Bertz CT molecular complexity index is 1440. The van der Waals surface area contributed by atoms with Gasteiger partial charge in [-0.05, 0) is 24.1 Å². The zero-order chi connectivity index (χ0) is 28.2. The van der Waals surface area contributed by atoms with E-state index in [1.165, 1.54) is 6.20 Å². The molecule has 2 amide bonds. The molecule has 2 heterocycles. The van der Waals surface area contributed by atoms with Crippen molar-refractivity contribution in [1.82, 2.24) is 24.9 Å². The van der Waals surface area contributed by atoms with Crippen LogP contribution in [0.5, 0.6) is 0 Å². The van der Waals surface area contributed by atoms with E-state index in [2.05, 4.69) is 30.1 Å². The molecule has 0 aliphatic rings. The van der Waals surface area contributed by atoms with Crippen LogP contribution in [0.2, 0.25) is 25.7 Å². The molecule has 4 N–H and O–H groups in total. The zero-order valence-corrected chi connectivity index (χ0v) is 23.8. The van der Waals surface area contributed by atoms with Crippen LogP contribution >= 0.6 is 0 Å². The molecule has 11 heteroatoms. The third-order valence-electron chi connectivity index (χ3n) is 6.56. The van der Waals surface area contributed by atoms with Crippen molar-refractivity contribution in [2.45, 2.75) is 51.0 Å². The second-order valence-corrected chi connectivity index (χ2v) is 16.5. The third-order valence-corrected chi connectivity index (χ3v) is 8.27. The lowest BCUT2D eigenvalue weighted by molar-refractivity contribution is -0.127. The summed E-state index contributed by atoms with van der Waals surface area (Å²) in [6, 6.07) is 17.1. The monoisotopic (exact) mass is 548 g/mol. The van der Waals surface area contributed by atoms with Crippen molar-refractivity contribution in [3.8, 4) is 11.4 Å². The lowest BCUT2D eigenvalue weighted by Gasteiger charge is -2.22. The first-order chi connectivity index (χ1) is 18.5. The first kappa shape index (κ1) is 28.2. The van der Waals surface area contributed by atoms with Crippen molar-refractivity contribution in [3.05, 3.63) is 71.9 Å². The van der Waals surface area contributed by atoms with Crippen molar-refractivity contribution in [2.75, 3.05) is 6.61 Å². The number of para-hydroxylation sites is 1. The maximum Gasteiger partial charge on any atom is 0.255 e. The van der Waals surface area contributed by atoms with Crippen LogP contribution in [-0.2, 0) is 29.7 Å². The molecule has 39 heavy (non-hydrogen) atoms. The third kappa shape index (κ3) is 6.80. The van der Waals surface area contributed by atoms with Gasteiger partial charge >= 0.3 is 0 Å². The molecule has 206 valence electrons. The number of nitrogens with two attached hydrogens (primary N) is 1. The molecule has 4 rings (SSSR count). The number of rotatable bonds is 12. The molecule has 0 spiro atoms. The summed E-state index contributed by atoms with van der Waals surface area (Å²) in [4.78, 5) is 25.4. The maximum absolute atomic E-state index is 13.5. The molecule has 2 atom stereocenters. The molecule has 1 unspecified atom stereocenters. The fourth-order valence-corrected chi connectivity index (χ4v) is 5.13. The van der Waals surface area contributed by atoms with Gasteiger partial charge in [-0.1, -0.05) is 68.2 Å². The summed E-state index contributed by atoms with van der Waals surface area (Å²) >= 11 is 0. The van der Waals surface area contributed by atoms with E-state index in [-0.39, 0.29) is 18.7 Å². The minimum absolute atomic E-state index is 0.221. The molecular weight excluding hydrogens is 512 g/mol. The van der Waals surface area contributed by atoms with E-state index in [0.29, 0.717) is 18.0 Å². The molecule has 2 aromatic heterocycles. The van der Waals surface area contributed by atoms with E-state index >= 15 is 0 Å². The van der Waals surface area contributed by atoms with Gasteiger partial charge in [0.15, 0.2) is 6.10 Å². The average Bonchev–Trinajstić information content (AvgIpc) is 3.45. The van der Waals surface area contributed by atoms with E-state index in [9.17, 15) is 14.7 Å². The molecule has 0 fully saturated rings. The van der Waals surface area contributed by atoms with Crippen molar-refractivity contribution >= 4 is 30.8 Å². The highest BCUT2D eigenvalue weighted by Gasteiger charge is 2.29. The van der Waals surface area contributed by atoms with E-state index in [0.717, 1.165) is 22.5 Å². The van der Waals surface area contributed by atoms with Crippen molar-refractivity contribution < 1.29 is 19.4 Å². The number of ether oxygens (including phenoxy) is 1. The lowest BCUT2D eigenvalue weighted by Crippen LogP contribution is -2.50. The number of amides is 2. The minimum atomic E-state index is -1.57. The Morgan fingerprint density at radius 3 is 2.49 bits per heavy atom. The average molecular weight is 549 g/mol. The fraction of sp³-hybridized carbons (Fsp3) is 0.357. The Labute approximate surface area is 228 Å². The zero-order valence-electron chi connectivity index (χ0n) is 22.8. The number of carbonyl (C=O) groups excluding carboxylic acids is 2. The van der Waals surface area contributed by atoms with Crippen LogP contribution < -0.4 is 11.1 Å². The van der Waals surface area contributed by atoms with Gasteiger partial charge in [-0.25, -0.2) is 4.68 Å². The number of hydrogen-bond donors (Lipinski definition) is 3. The van der Waals surface area contributed by atoms with Crippen LogP contribution in [0.25, 0.3) is 22.3 Å². The maximum atomic E-state index is 13.5. The van der Waals surface area contributed by atoms with Gasteiger partial charge in [-0.2, -0.15) is 10.2 Å². The number of nitrogens with one attached hydrogen (secondary N) is 1. The molecule has 0 bridgehead atoms. The Kier molecular flexibility index (Phi) is 8.63. The van der Waals surface area contributed by atoms with Crippen LogP contribution in [0.3, 0.4) is 0 Å². The van der Waals surface area contributed by atoms with Gasteiger partial charge in [0.05, 0.1) is 23.3 Å². The van der Waals surface area contributed by atoms with E-state index in [1.807, 2.05) is 54.6 Å². The van der Waals surface area contributed by atoms with Crippen molar-refractivity contribution in [1.29, 1.82) is 0 Å². The Balaban J connectivity index is 1.63. The normalized spacial score (nSPS) is 13.4. The minimum Gasteiger partial charge on any atom is -0.381 e.